The van der Waals surface area contributed by atoms with Gasteiger partial charge in [-0.2, -0.15) is 0 Å². The summed E-state index contributed by atoms with van der Waals surface area (Å²) in [6.07, 6.45) is 6.17. The van der Waals surface area contributed by atoms with E-state index < -0.39 is 6.16 Å². The number of hydrogen-bond acceptors (Lipinski definition) is 5. The van der Waals surface area contributed by atoms with Crippen LogP contribution in [0.5, 0.6) is 5.75 Å². The van der Waals surface area contributed by atoms with Gasteiger partial charge in [0, 0.05) is 12.0 Å². The van der Waals surface area contributed by atoms with E-state index >= 15 is 0 Å². The van der Waals surface area contributed by atoms with Crippen molar-refractivity contribution in [3.63, 3.8) is 0 Å². The standard InChI is InChI=1S/C18H23ClO5/c1-2-22-18(21)24-16-10-7-15(8-11-16)9-12-17(20)23-14-6-4-3-5-13-19/h7-12H,2-6,13-14H2,1H3. The summed E-state index contributed by atoms with van der Waals surface area (Å²) < 4.78 is 14.7. The van der Waals surface area contributed by atoms with E-state index in [0.29, 0.717) is 18.2 Å². The summed E-state index contributed by atoms with van der Waals surface area (Å²) in [4.78, 5) is 22.7. The molecule has 5 nitrogen and oxygen atoms in total. The van der Waals surface area contributed by atoms with Crippen molar-refractivity contribution in [1.82, 2.24) is 0 Å². The van der Waals surface area contributed by atoms with Crippen molar-refractivity contribution in [2.75, 3.05) is 19.1 Å². The van der Waals surface area contributed by atoms with Gasteiger partial charge in [-0.25, -0.2) is 9.59 Å². The van der Waals surface area contributed by atoms with Gasteiger partial charge in [-0.3, -0.25) is 0 Å². The maximum absolute atomic E-state index is 11.6. The first-order valence-electron chi connectivity index (χ1n) is 8.01. The second-order valence-electron chi connectivity index (χ2n) is 4.96. The number of alkyl halides is 1. The van der Waals surface area contributed by atoms with Gasteiger partial charge in [-0.15, -0.1) is 11.6 Å². The van der Waals surface area contributed by atoms with Crippen molar-refractivity contribution >= 4 is 29.8 Å². The third-order valence-corrected chi connectivity index (χ3v) is 3.29. The Morgan fingerprint density at radius 1 is 1.04 bits per heavy atom. The molecule has 0 spiro atoms. The molecule has 0 amide bonds. The van der Waals surface area contributed by atoms with Crippen LogP contribution >= 0.6 is 11.6 Å². The van der Waals surface area contributed by atoms with Crippen LogP contribution in [0, 0.1) is 0 Å². The highest BCUT2D eigenvalue weighted by Crippen LogP contribution is 2.14. The molecule has 1 aromatic carbocycles. The van der Waals surface area contributed by atoms with Crippen LogP contribution in [0.1, 0.15) is 38.2 Å². The third-order valence-electron chi connectivity index (χ3n) is 3.03. The predicted octanol–water partition coefficient (Wildman–Crippen LogP) is 4.58. The van der Waals surface area contributed by atoms with Crippen molar-refractivity contribution in [1.29, 1.82) is 0 Å². The minimum absolute atomic E-state index is 0.258. The Balaban J connectivity index is 2.30. The number of halogens is 1. The van der Waals surface area contributed by atoms with E-state index in [-0.39, 0.29) is 12.6 Å². The molecule has 6 heteroatoms. The predicted molar refractivity (Wildman–Crippen MR) is 93.3 cm³/mol. The number of carbonyl (C=O) groups excluding carboxylic acids is 2. The molecule has 0 saturated heterocycles. The molecule has 0 atom stereocenters. The molecule has 0 fully saturated rings. The van der Waals surface area contributed by atoms with Gasteiger partial charge in [0.1, 0.15) is 5.75 Å². The Kier molecular flexibility index (Phi) is 10.4. The van der Waals surface area contributed by atoms with E-state index in [1.807, 2.05) is 0 Å². The van der Waals surface area contributed by atoms with Gasteiger partial charge in [0.25, 0.3) is 0 Å². The maximum atomic E-state index is 11.6. The highest BCUT2D eigenvalue weighted by Gasteiger charge is 2.04. The summed E-state index contributed by atoms with van der Waals surface area (Å²) in [6, 6.07) is 6.70. The smallest absolute Gasteiger partial charge is 0.463 e. The van der Waals surface area contributed by atoms with Crippen molar-refractivity contribution in [2.24, 2.45) is 0 Å². The normalized spacial score (nSPS) is 10.6. The number of rotatable bonds is 10. The Morgan fingerprint density at radius 3 is 2.42 bits per heavy atom. The van der Waals surface area contributed by atoms with E-state index in [2.05, 4.69) is 4.74 Å². The van der Waals surface area contributed by atoms with Crippen LogP contribution in [-0.4, -0.2) is 31.2 Å². The van der Waals surface area contributed by atoms with Crippen molar-refractivity contribution in [2.45, 2.75) is 32.6 Å². The number of ether oxygens (including phenoxy) is 3. The fourth-order valence-corrected chi connectivity index (χ4v) is 2.01. The molecular weight excluding hydrogens is 332 g/mol. The molecule has 0 aliphatic heterocycles. The van der Waals surface area contributed by atoms with Gasteiger partial charge >= 0.3 is 12.1 Å². The summed E-state index contributed by atoms with van der Waals surface area (Å²) in [6.45, 7) is 2.38. The summed E-state index contributed by atoms with van der Waals surface area (Å²) in [5.74, 6) is 0.677. The zero-order chi connectivity index (χ0) is 17.6. The van der Waals surface area contributed by atoms with Crippen LogP contribution in [0.3, 0.4) is 0 Å². The average Bonchev–Trinajstić information content (AvgIpc) is 2.57. The van der Waals surface area contributed by atoms with Crippen LogP contribution in [-0.2, 0) is 14.3 Å². The zero-order valence-corrected chi connectivity index (χ0v) is 14.6. The monoisotopic (exact) mass is 354 g/mol. The molecular formula is C18H23ClO5. The maximum Gasteiger partial charge on any atom is 0.513 e. The van der Waals surface area contributed by atoms with E-state index in [9.17, 15) is 9.59 Å². The molecule has 0 N–H and O–H groups in total. The van der Waals surface area contributed by atoms with Crippen molar-refractivity contribution in [3.05, 3.63) is 35.9 Å². The highest BCUT2D eigenvalue weighted by atomic mass is 35.5. The molecule has 0 aliphatic rings. The summed E-state index contributed by atoms with van der Waals surface area (Å²) in [7, 11) is 0. The van der Waals surface area contributed by atoms with Crippen LogP contribution < -0.4 is 4.74 Å². The molecule has 0 heterocycles. The molecule has 1 rings (SSSR count). The first kappa shape index (κ1) is 20.0. The Morgan fingerprint density at radius 2 is 1.75 bits per heavy atom. The summed E-state index contributed by atoms with van der Waals surface area (Å²) in [5, 5.41) is 0. The summed E-state index contributed by atoms with van der Waals surface area (Å²) >= 11 is 5.59. The van der Waals surface area contributed by atoms with E-state index in [4.69, 9.17) is 21.1 Å². The lowest BCUT2D eigenvalue weighted by atomic mass is 10.2. The summed E-state index contributed by atoms with van der Waals surface area (Å²) in [5.41, 5.74) is 0.797. The van der Waals surface area contributed by atoms with Gasteiger partial charge < -0.3 is 14.2 Å². The molecule has 0 saturated carbocycles. The molecule has 0 radical (unpaired) electrons. The van der Waals surface area contributed by atoms with Crippen LogP contribution in [0.4, 0.5) is 4.79 Å². The largest absolute Gasteiger partial charge is 0.513 e. The van der Waals surface area contributed by atoms with Crippen LogP contribution in [0.2, 0.25) is 0 Å². The van der Waals surface area contributed by atoms with Gasteiger partial charge in [0.15, 0.2) is 0 Å². The molecule has 0 bridgehead atoms. The van der Waals surface area contributed by atoms with Gasteiger partial charge in [0.2, 0.25) is 0 Å². The Labute approximate surface area is 147 Å². The molecule has 0 aliphatic carbocycles. The molecule has 132 valence electrons. The fourth-order valence-electron chi connectivity index (χ4n) is 1.83. The number of unbranched alkanes of at least 4 members (excludes halogenated alkanes) is 3. The molecule has 0 aromatic heterocycles. The van der Waals surface area contributed by atoms with E-state index in [1.165, 1.54) is 6.08 Å². The fraction of sp³-hybridized carbons (Fsp3) is 0.444. The lowest BCUT2D eigenvalue weighted by Crippen LogP contribution is -2.09. The lowest BCUT2D eigenvalue weighted by Gasteiger charge is -2.04. The molecule has 1 aromatic rings. The number of benzene rings is 1. The lowest BCUT2D eigenvalue weighted by molar-refractivity contribution is -0.137. The second kappa shape index (κ2) is 12.4. The van der Waals surface area contributed by atoms with Gasteiger partial charge in [-0.1, -0.05) is 25.0 Å². The Hall–Kier alpha value is -2.01. The third kappa shape index (κ3) is 9.20. The first-order valence-corrected chi connectivity index (χ1v) is 8.54. The number of carbonyl (C=O) groups is 2. The van der Waals surface area contributed by atoms with Crippen molar-refractivity contribution < 1.29 is 23.8 Å². The minimum atomic E-state index is -0.740. The van der Waals surface area contributed by atoms with Crippen molar-refractivity contribution in [3.8, 4) is 5.75 Å². The zero-order valence-electron chi connectivity index (χ0n) is 13.8. The minimum Gasteiger partial charge on any atom is -0.463 e. The molecule has 24 heavy (non-hydrogen) atoms. The topological polar surface area (TPSA) is 61.8 Å². The number of hydrogen-bond donors (Lipinski definition) is 0. The number of esters is 1. The quantitative estimate of drug-likeness (QED) is 0.202. The molecule has 0 unspecified atom stereocenters. The Bertz CT molecular complexity index is 525. The van der Waals surface area contributed by atoms with Crippen LogP contribution in [0.15, 0.2) is 30.3 Å². The van der Waals surface area contributed by atoms with Crippen LogP contribution in [0.25, 0.3) is 6.08 Å². The van der Waals surface area contributed by atoms with E-state index in [1.54, 1.807) is 37.3 Å². The average molecular weight is 355 g/mol. The first-order chi connectivity index (χ1) is 11.7. The van der Waals surface area contributed by atoms with Gasteiger partial charge in [-0.05, 0) is 43.5 Å². The van der Waals surface area contributed by atoms with Gasteiger partial charge in [0.05, 0.1) is 13.2 Å². The highest BCUT2D eigenvalue weighted by molar-refractivity contribution is 6.17. The SMILES string of the molecule is CCOC(=O)Oc1ccc(C=CC(=O)OCCCCCCCl)cc1. The second-order valence-corrected chi connectivity index (χ2v) is 5.34. The van der Waals surface area contributed by atoms with E-state index in [0.717, 1.165) is 31.2 Å².